The van der Waals surface area contributed by atoms with Gasteiger partial charge in [-0.25, -0.2) is 4.98 Å². The van der Waals surface area contributed by atoms with Gasteiger partial charge in [0.15, 0.2) is 0 Å². The Morgan fingerprint density at radius 2 is 1.90 bits per heavy atom. The van der Waals surface area contributed by atoms with Crippen LogP contribution in [-0.4, -0.2) is 25.0 Å². The first-order valence-electron chi connectivity index (χ1n) is 7.97. The fourth-order valence-electron chi connectivity index (χ4n) is 2.37. The first-order valence-corrected chi connectivity index (χ1v) is 9.98. The number of carbonyl (C=O) groups excluding carboxylic acids is 1. The molecule has 0 aliphatic heterocycles. The summed E-state index contributed by atoms with van der Waals surface area (Å²) in [6, 6.07) is 12.3. The Bertz CT molecular complexity index is 982. The minimum atomic E-state index is -1.50. The number of nitrogens with zero attached hydrogens (tertiary/aromatic N) is 3. The molecule has 1 heterocycles. The number of halogens is 3. The lowest BCUT2D eigenvalue weighted by Gasteiger charge is -2.18. The topological polar surface area (TPSA) is 98.3 Å². The molecule has 0 amide bonds. The summed E-state index contributed by atoms with van der Waals surface area (Å²) in [5.74, 6) is 0. The Morgan fingerprint density at radius 1 is 1.21 bits per heavy atom. The number of thioether (sulfide) groups is 1. The standard InChI is InChI=1S/C18H13Cl3N2OS.HNO3/c19-12-5-6-13(16(21)9-12)17(10-23-8-7-22-11-23)25-18(24)14-3-1-2-4-15(14)20;2-1(3)4/h1-9,11,17H,10H2;(H,2,3,4). The zero-order valence-corrected chi connectivity index (χ0v) is 17.7. The van der Waals surface area contributed by atoms with Gasteiger partial charge < -0.3 is 9.77 Å². The van der Waals surface area contributed by atoms with Crippen LogP contribution in [0.1, 0.15) is 21.2 Å². The lowest BCUT2D eigenvalue weighted by Crippen LogP contribution is -2.09. The molecule has 3 rings (SSSR count). The SMILES string of the molecule is O=C(SC(Cn1ccnc1)c1ccc(Cl)cc1Cl)c1ccccc1Cl.O=[N+]([O-])O. The van der Waals surface area contributed by atoms with E-state index in [-0.39, 0.29) is 10.4 Å². The molecule has 7 nitrogen and oxygen atoms in total. The van der Waals surface area contributed by atoms with Crippen LogP contribution in [0.4, 0.5) is 0 Å². The van der Waals surface area contributed by atoms with E-state index in [1.54, 1.807) is 48.9 Å². The number of aromatic nitrogens is 2. The molecule has 152 valence electrons. The van der Waals surface area contributed by atoms with Crippen molar-refractivity contribution in [2.75, 3.05) is 0 Å². The average molecular weight is 475 g/mol. The van der Waals surface area contributed by atoms with Gasteiger partial charge in [-0.15, -0.1) is 10.1 Å². The van der Waals surface area contributed by atoms with Crippen molar-refractivity contribution in [3.8, 4) is 0 Å². The van der Waals surface area contributed by atoms with Crippen LogP contribution in [0, 0.1) is 10.1 Å². The zero-order valence-electron chi connectivity index (χ0n) is 14.6. The number of benzene rings is 2. The van der Waals surface area contributed by atoms with Crippen molar-refractivity contribution in [3.05, 3.63) is 97.5 Å². The van der Waals surface area contributed by atoms with Gasteiger partial charge in [-0.1, -0.05) is 64.8 Å². The molecule has 1 aromatic heterocycles. The van der Waals surface area contributed by atoms with E-state index < -0.39 is 5.09 Å². The number of hydrogen-bond acceptors (Lipinski definition) is 5. The minimum absolute atomic E-state index is 0.110. The predicted molar refractivity (Wildman–Crippen MR) is 114 cm³/mol. The summed E-state index contributed by atoms with van der Waals surface area (Å²) in [6.45, 7) is 0.544. The van der Waals surface area contributed by atoms with Crippen molar-refractivity contribution in [2.24, 2.45) is 0 Å². The fourth-order valence-corrected chi connectivity index (χ4v) is 4.39. The smallest absolute Gasteiger partial charge is 0.291 e. The number of hydrogen-bond donors (Lipinski definition) is 1. The molecule has 0 radical (unpaired) electrons. The molecule has 1 N–H and O–H groups in total. The highest BCUT2D eigenvalue weighted by atomic mass is 35.5. The molecule has 2 aromatic carbocycles. The maximum absolute atomic E-state index is 12.7. The largest absolute Gasteiger partial charge is 0.336 e. The third kappa shape index (κ3) is 7.25. The second kappa shape index (κ2) is 11.1. The Morgan fingerprint density at radius 3 is 2.48 bits per heavy atom. The lowest BCUT2D eigenvalue weighted by atomic mass is 10.1. The zero-order chi connectivity index (χ0) is 21.4. The highest BCUT2D eigenvalue weighted by Gasteiger charge is 2.22. The van der Waals surface area contributed by atoms with Gasteiger partial charge in [0, 0.05) is 34.5 Å². The monoisotopic (exact) mass is 473 g/mol. The molecule has 11 heteroatoms. The van der Waals surface area contributed by atoms with E-state index in [4.69, 9.17) is 50.1 Å². The van der Waals surface area contributed by atoms with E-state index in [9.17, 15) is 4.79 Å². The molecule has 0 aliphatic carbocycles. The van der Waals surface area contributed by atoms with Crippen molar-refractivity contribution >= 4 is 51.7 Å². The van der Waals surface area contributed by atoms with Crippen molar-refractivity contribution in [3.63, 3.8) is 0 Å². The molecule has 0 saturated heterocycles. The Kier molecular flexibility index (Phi) is 8.78. The van der Waals surface area contributed by atoms with Crippen LogP contribution in [0.15, 0.2) is 61.2 Å². The molecule has 0 fully saturated rings. The quantitative estimate of drug-likeness (QED) is 0.370. The summed E-state index contributed by atoms with van der Waals surface area (Å²) < 4.78 is 1.91. The van der Waals surface area contributed by atoms with Crippen molar-refractivity contribution in [2.45, 2.75) is 11.8 Å². The second-order valence-electron chi connectivity index (χ2n) is 5.54. The Labute approximate surface area is 185 Å². The van der Waals surface area contributed by atoms with Gasteiger partial charge in [-0.2, -0.15) is 0 Å². The van der Waals surface area contributed by atoms with Gasteiger partial charge in [0.2, 0.25) is 5.12 Å². The Hall–Kier alpha value is -2.26. The van der Waals surface area contributed by atoms with Gasteiger partial charge in [-0.3, -0.25) is 4.79 Å². The number of rotatable bonds is 5. The second-order valence-corrected chi connectivity index (χ2v) is 7.96. The maximum Gasteiger partial charge on any atom is 0.291 e. The van der Waals surface area contributed by atoms with Crippen molar-refractivity contribution < 1.29 is 15.1 Å². The number of imidazole rings is 1. The van der Waals surface area contributed by atoms with E-state index >= 15 is 0 Å². The summed E-state index contributed by atoms with van der Waals surface area (Å²) in [5.41, 5.74) is 1.32. The molecule has 1 atom stereocenters. The van der Waals surface area contributed by atoms with Crippen LogP contribution >= 0.6 is 46.6 Å². The third-order valence-electron chi connectivity index (χ3n) is 3.59. The van der Waals surface area contributed by atoms with Gasteiger partial charge in [0.05, 0.1) is 16.6 Å². The van der Waals surface area contributed by atoms with Crippen LogP contribution in [0.3, 0.4) is 0 Å². The molecule has 3 aromatic rings. The highest BCUT2D eigenvalue weighted by Crippen LogP contribution is 2.38. The summed E-state index contributed by atoms with van der Waals surface area (Å²) in [4.78, 5) is 25.2. The number of carbonyl (C=O) groups is 1. The van der Waals surface area contributed by atoms with Crippen LogP contribution in [0.25, 0.3) is 0 Å². The van der Waals surface area contributed by atoms with Crippen LogP contribution in [0.2, 0.25) is 15.1 Å². The van der Waals surface area contributed by atoms with Crippen LogP contribution in [0.5, 0.6) is 0 Å². The predicted octanol–water partition coefficient (Wildman–Crippen LogP) is 5.81. The van der Waals surface area contributed by atoms with E-state index in [1.807, 2.05) is 16.8 Å². The molecule has 0 bridgehead atoms. The molecule has 0 saturated carbocycles. The molecular formula is C18H14Cl3N3O4S. The highest BCUT2D eigenvalue weighted by molar-refractivity contribution is 8.14. The lowest BCUT2D eigenvalue weighted by molar-refractivity contribution is -0.742. The minimum Gasteiger partial charge on any atom is -0.336 e. The summed E-state index contributed by atoms with van der Waals surface area (Å²) >= 11 is 19.7. The van der Waals surface area contributed by atoms with Gasteiger partial charge in [-0.05, 0) is 29.8 Å². The fraction of sp³-hybridized carbons (Fsp3) is 0.111. The van der Waals surface area contributed by atoms with Crippen LogP contribution < -0.4 is 0 Å². The summed E-state index contributed by atoms with van der Waals surface area (Å²) in [7, 11) is 0. The first-order chi connectivity index (χ1) is 13.8. The third-order valence-corrected chi connectivity index (χ3v) is 5.60. The van der Waals surface area contributed by atoms with Crippen molar-refractivity contribution in [1.29, 1.82) is 0 Å². The van der Waals surface area contributed by atoms with E-state index in [2.05, 4.69) is 4.98 Å². The van der Waals surface area contributed by atoms with Gasteiger partial charge in [0.1, 0.15) is 0 Å². The van der Waals surface area contributed by atoms with Crippen molar-refractivity contribution in [1.82, 2.24) is 9.55 Å². The summed E-state index contributed by atoms with van der Waals surface area (Å²) in [6.07, 6.45) is 5.25. The maximum atomic E-state index is 12.7. The van der Waals surface area contributed by atoms with Gasteiger partial charge in [0.25, 0.3) is 5.09 Å². The first kappa shape index (κ1) is 23.0. The van der Waals surface area contributed by atoms with Gasteiger partial charge >= 0.3 is 0 Å². The molecule has 29 heavy (non-hydrogen) atoms. The molecule has 0 aliphatic rings. The van der Waals surface area contributed by atoms with Crippen LogP contribution in [-0.2, 0) is 6.54 Å². The molecule has 1 unspecified atom stereocenters. The molecule has 0 spiro atoms. The average Bonchev–Trinajstić information content (AvgIpc) is 3.14. The van der Waals surface area contributed by atoms with E-state index in [1.165, 1.54) is 11.8 Å². The molecular weight excluding hydrogens is 461 g/mol. The van der Waals surface area contributed by atoms with E-state index in [0.717, 1.165) is 5.56 Å². The normalized spacial score (nSPS) is 11.3. The van der Waals surface area contributed by atoms with E-state index in [0.29, 0.717) is 27.2 Å². The summed E-state index contributed by atoms with van der Waals surface area (Å²) in [5, 5.41) is 14.8. The Balaban J connectivity index is 0.000000687.